The van der Waals surface area contributed by atoms with Gasteiger partial charge in [0, 0.05) is 11.0 Å². The molecule has 2 heterocycles. The first-order valence-electron chi connectivity index (χ1n) is 5.42. The lowest BCUT2D eigenvalue weighted by molar-refractivity contribution is 0.123. The van der Waals surface area contributed by atoms with Gasteiger partial charge >= 0.3 is 0 Å². The van der Waals surface area contributed by atoms with E-state index in [0.717, 1.165) is 0 Å². The van der Waals surface area contributed by atoms with Crippen LogP contribution in [0.2, 0.25) is 0 Å². The minimum Gasteiger partial charge on any atom is -0.497 e. The van der Waals surface area contributed by atoms with E-state index >= 15 is 0 Å². The van der Waals surface area contributed by atoms with Crippen LogP contribution >= 0.6 is 0 Å². The topological polar surface area (TPSA) is 65.0 Å². The molecule has 2 unspecified atom stereocenters. The summed E-state index contributed by atoms with van der Waals surface area (Å²) in [5.41, 5.74) is 1.14. The fourth-order valence-corrected chi connectivity index (χ4v) is 3.68. The average molecular weight is 265 g/mol. The lowest BCUT2D eigenvalue weighted by Crippen LogP contribution is -2.31. The van der Waals surface area contributed by atoms with Gasteiger partial charge in [-0.1, -0.05) is 17.3 Å². The molecule has 0 aromatic heterocycles. The van der Waals surface area contributed by atoms with Crippen molar-refractivity contribution in [1.82, 2.24) is 0 Å². The highest BCUT2D eigenvalue weighted by Gasteiger charge is 2.46. The quantitative estimate of drug-likeness (QED) is 0.803. The second-order valence-electron chi connectivity index (χ2n) is 4.12. The molecule has 1 aromatic carbocycles. The summed E-state index contributed by atoms with van der Waals surface area (Å²) in [6.45, 7) is 0. The number of rotatable bonds is 2. The second-order valence-corrected chi connectivity index (χ2v) is 6.07. The van der Waals surface area contributed by atoms with E-state index in [-0.39, 0.29) is 0 Å². The first-order valence-corrected chi connectivity index (χ1v) is 7.03. The van der Waals surface area contributed by atoms with Crippen LogP contribution in [0.5, 0.6) is 5.75 Å². The van der Waals surface area contributed by atoms with Gasteiger partial charge in [0.1, 0.15) is 11.5 Å². The van der Waals surface area contributed by atoms with Gasteiger partial charge in [0.05, 0.1) is 7.11 Å². The SMILES string of the molecule is COc1cccc(C2=NOC3C=CS(=O)(=O)C23)c1. The van der Waals surface area contributed by atoms with Gasteiger partial charge in [-0.3, -0.25) is 0 Å². The highest BCUT2D eigenvalue weighted by Crippen LogP contribution is 2.31. The molecule has 1 aromatic rings. The minimum absolute atomic E-state index is 0.434. The highest BCUT2D eigenvalue weighted by atomic mass is 32.2. The van der Waals surface area contributed by atoms with E-state index in [1.807, 2.05) is 0 Å². The van der Waals surface area contributed by atoms with Crippen molar-refractivity contribution < 1.29 is 18.0 Å². The second kappa shape index (κ2) is 3.84. The Labute approximate surface area is 105 Å². The summed E-state index contributed by atoms with van der Waals surface area (Å²) < 4.78 is 28.9. The Hall–Kier alpha value is -1.82. The van der Waals surface area contributed by atoms with Crippen molar-refractivity contribution in [1.29, 1.82) is 0 Å². The van der Waals surface area contributed by atoms with Crippen LogP contribution in [0.15, 0.2) is 40.9 Å². The van der Waals surface area contributed by atoms with Gasteiger partial charge < -0.3 is 9.57 Å². The maximum absolute atomic E-state index is 11.9. The van der Waals surface area contributed by atoms with Crippen molar-refractivity contribution in [2.24, 2.45) is 5.16 Å². The van der Waals surface area contributed by atoms with Gasteiger partial charge in [0.25, 0.3) is 0 Å². The number of oxime groups is 1. The van der Waals surface area contributed by atoms with Gasteiger partial charge in [0.2, 0.25) is 0 Å². The smallest absolute Gasteiger partial charge is 0.184 e. The van der Waals surface area contributed by atoms with Crippen LogP contribution in [0.3, 0.4) is 0 Å². The average Bonchev–Trinajstić information content (AvgIpc) is 2.92. The van der Waals surface area contributed by atoms with Crippen molar-refractivity contribution in [3.63, 3.8) is 0 Å². The summed E-state index contributed by atoms with van der Waals surface area (Å²) in [6.07, 6.45) is 1.02. The molecule has 5 nitrogen and oxygen atoms in total. The summed E-state index contributed by atoms with van der Waals surface area (Å²) in [5.74, 6) is 0.655. The lowest BCUT2D eigenvalue weighted by atomic mass is 10.0. The standard InChI is InChI=1S/C12H11NO4S/c1-16-9-4-2-3-8(7-9)11-12-10(17-13-11)5-6-18(12,14)15/h2-7,10,12H,1H3. The molecule has 0 amide bonds. The van der Waals surface area contributed by atoms with Crippen molar-refractivity contribution in [3.05, 3.63) is 41.3 Å². The zero-order valence-electron chi connectivity index (χ0n) is 9.61. The van der Waals surface area contributed by atoms with E-state index < -0.39 is 21.2 Å². The first kappa shape index (κ1) is 11.3. The number of methoxy groups -OCH3 is 1. The van der Waals surface area contributed by atoms with E-state index in [4.69, 9.17) is 9.57 Å². The van der Waals surface area contributed by atoms with Gasteiger partial charge in [-0.25, -0.2) is 8.42 Å². The van der Waals surface area contributed by atoms with Gasteiger partial charge in [0.15, 0.2) is 21.2 Å². The Balaban J connectivity index is 2.03. The van der Waals surface area contributed by atoms with Crippen LogP contribution in [0, 0.1) is 0 Å². The molecule has 0 bridgehead atoms. The van der Waals surface area contributed by atoms with Gasteiger partial charge in [-0.15, -0.1) is 0 Å². The van der Waals surface area contributed by atoms with E-state index in [1.165, 1.54) is 11.5 Å². The van der Waals surface area contributed by atoms with Crippen LogP contribution in [0.4, 0.5) is 0 Å². The lowest BCUT2D eigenvalue weighted by Gasteiger charge is -2.09. The van der Waals surface area contributed by atoms with Crippen LogP contribution in [-0.4, -0.2) is 32.6 Å². The number of hydrogen-bond donors (Lipinski definition) is 0. The number of fused-ring (bicyclic) bond motifs is 1. The number of sulfone groups is 1. The predicted molar refractivity (Wildman–Crippen MR) is 66.3 cm³/mol. The third-order valence-corrected chi connectivity index (χ3v) is 4.75. The van der Waals surface area contributed by atoms with Gasteiger partial charge in [-0.2, -0.15) is 0 Å². The molecule has 2 aliphatic heterocycles. The van der Waals surface area contributed by atoms with Crippen LogP contribution in [0.1, 0.15) is 5.56 Å². The van der Waals surface area contributed by atoms with E-state index in [0.29, 0.717) is 17.0 Å². The molecule has 0 fully saturated rings. The summed E-state index contributed by atoms with van der Waals surface area (Å²) in [7, 11) is -1.76. The molecule has 0 N–H and O–H groups in total. The van der Waals surface area contributed by atoms with Crippen molar-refractivity contribution in [2.75, 3.05) is 7.11 Å². The summed E-state index contributed by atoms with van der Waals surface area (Å²) >= 11 is 0. The normalized spacial score (nSPS) is 27.5. The van der Waals surface area contributed by atoms with Crippen LogP contribution in [-0.2, 0) is 14.7 Å². The van der Waals surface area contributed by atoms with Crippen molar-refractivity contribution >= 4 is 15.5 Å². The van der Waals surface area contributed by atoms with E-state index in [2.05, 4.69) is 5.16 Å². The molecule has 94 valence electrons. The van der Waals surface area contributed by atoms with Crippen LogP contribution < -0.4 is 4.74 Å². The van der Waals surface area contributed by atoms with E-state index in [9.17, 15) is 8.42 Å². The molecule has 6 heteroatoms. The number of ether oxygens (including phenoxy) is 1. The van der Waals surface area contributed by atoms with Crippen molar-refractivity contribution in [2.45, 2.75) is 11.4 Å². The minimum atomic E-state index is -3.32. The molecule has 2 aliphatic rings. The zero-order chi connectivity index (χ0) is 12.8. The Morgan fingerprint density at radius 1 is 1.39 bits per heavy atom. The summed E-state index contributed by atoms with van der Waals surface area (Å²) in [5, 5.41) is 4.35. The number of hydrogen-bond acceptors (Lipinski definition) is 5. The third kappa shape index (κ3) is 1.60. The van der Waals surface area contributed by atoms with Crippen molar-refractivity contribution in [3.8, 4) is 5.75 Å². The number of nitrogens with zero attached hydrogens (tertiary/aromatic N) is 1. The maximum atomic E-state index is 11.9. The fourth-order valence-electron chi connectivity index (χ4n) is 2.13. The zero-order valence-corrected chi connectivity index (χ0v) is 10.4. The summed E-state index contributed by atoms with van der Waals surface area (Å²) in [4.78, 5) is 5.13. The first-order chi connectivity index (χ1) is 8.62. The highest BCUT2D eigenvalue weighted by molar-refractivity contribution is 7.96. The van der Waals surface area contributed by atoms with E-state index in [1.54, 1.807) is 31.4 Å². The Kier molecular flexibility index (Phi) is 2.41. The molecule has 0 aliphatic carbocycles. The predicted octanol–water partition coefficient (Wildman–Crippen LogP) is 1.11. The van der Waals surface area contributed by atoms with Gasteiger partial charge in [-0.05, 0) is 18.2 Å². The molecule has 3 rings (SSSR count). The molecule has 2 atom stereocenters. The maximum Gasteiger partial charge on any atom is 0.184 e. The molecular formula is C12H11NO4S. The Morgan fingerprint density at radius 3 is 3.00 bits per heavy atom. The molecule has 0 saturated heterocycles. The fraction of sp³-hybridized carbons (Fsp3) is 0.250. The monoisotopic (exact) mass is 265 g/mol. The number of benzene rings is 1. The molecule has 0 saturated carbocycles. The summed E-state index contributed by atoms with van der Waals surface area (Å²) in [6, 6.07) is 7.12. The molecule has 0 radical (unpaired) electrons. The molecular weight excluding hydrogens is 254 g/mol. The largest absolute Gasteiger partial charge is 0.497 e. The Morgan fingerprint density at radius 2 is 2.22 bits per heavy atom. The third-order valence-electron chi connectivity index (χ3n) is 3.02. The van der Waals surface area contributed by atoms with Crippen LogP contribution in [0.25, 0.3) is 0 Å². The molecule has 0 spiro atoms. The Bertz CT molecular complexity index is 648. The molecule has 18 heavy (non-hydrogen) atoms.